The van der Waals surface area contributed by atoms with E-state index < -0.39 is 5.20 Å². The first-order valence-electron chi connectivity index (χ1n) is 17.2. The summed E-state index contributed by atoms with van der Waals surface area (Å²) >= 11 is 23.8. The predicted molar refractivity (Wildman–Crippen MR) is 246 cm³/mol. The van der Waals surface area contributed by atoms with Gasteiger partial charge in [-0.15, -0.1) is 0 Å². The Morgan fingerprint density at radius 1 is 0.649 bits per heavy atom. The first kappa shape index (κ1) is 42.5. The van der Waals surface area contributed by atoms with Crippen molar-refractivity contribution in [3.8, 4) is 22.4 Å². The molecule has 0 saturated heterocycles. The van der Waals surface area contributed by atoms with E-state index in [2.05, 4.69) is 104 Å². The quantitative estimate of drug-likeness (QED) is 0.0555. The highest BCUT2D eigenvalue weighted by molar-refractivity contribution is 8.24. The van der Waals surface area contributed by atoms with E-state index in [1.54, 1.807) is 48.2 Å². The minimum Gasteiger partial charge on any atom is -0.334 e. The number of likely N-dealkylation sites (N-methyl/N-ethyl adjacent to an activating group) is 1. The van der Waals surface area contributed by atoms with E-state index in [0.29, 0.717) is 16.4 Å². The lowest BCUT2D eigenvalue weighted by Crippen LogP contribution is -2.35. The Balaban J connectivity index is 0.000000173. The zero-order valence-electron chi connectivity index (χ0n) is 31.1. The SMILES string of the molecule is CSC1=NC(c2ccncc2)=C(c2ccc3ccccc3c2)C(Cl)N1C.CSc1nc(-c2ccncc2)c(-c2ccc3ccccc3c2)c(=O)n1C.O=P(Cl)(Cl)Cl. The van der Waals surface area contributed by atoms with Crippen LogP contribution in [0.25, 0.3) is 55.2 Å². The van der Waals surface area contributed by atoms with Crippen molar-refractivity contribution in [2.45, 2.75) is 10.7 Å². The molecule has 0 aliphatic carbocycles. The number of amidine groups is 1. The molecule has 7 aromatic rings. The standard InChI is InChI=1S/C21H18ClN3S.C21H17N3OS.Cl3OP/c1-25-20(22)18(17-8-7-14-5-3-4-6-16(14)13-17)19(24-21(25)26-2)15-9-11-23-12-10-15;1-24-20(25)18(17-8-7-14-5-3-4-6-16(14)13-17)19(23-21(24)26-2)15-9-11-22-12-10-15;1-5(2,3)4/h3-13,20H,1-2H3;3-13H,1-2H3;. The van der Waals surface area contributed by atoms with Gasteiger partial charge in [0.25, 0.3) is 5.56 Å². The smallest absolute Gasteiger partial charge is 0.334 e. The Labute approximate surface area is 358 Å². The lowest BCUT2D eigenvalue weighted by atomic mass is 9.96. The molecule has 8 rings (SSSR count). The Morgan fingerprint density at radius 2 is 1.14 bits per heavy atom. The van der Waals surface area contributed by atoms with Crippen LogP contribution in [-0.4, -0.2) is 54.6 Å². The van der Waals surface area contributed by atoms with E-state index in [1.807, 2.05) is 73.0 Å². The average Bonchev–Trinajstić information content (AvgIpc) is 3.22. The zero-order valence-corrected chi connectivity index (χ0v) is 36.6. The fourth-order valence-electron chi connectivity index (χ4n) is 6.28. The van der Waals surface area contributed by atoms with Crippen LogP contribution in [0.1, 0.15) is 11.1 Å². The summed E-state index contributed by atoms with van der Waals surface area (Å²) in [6.07, 6.45) is 11.0. The molecule has 15 heteroatoms. The van der Waals surface area contributed by atoms with Crippen LogP contribution in [0.5, 0.6) is 0 Å². The maximum atomic E-state index is 13.2. The predicted octanol–water partition coefficient (Wildman–Crippen LogP) is 12.5. The van der Waals surface area contributed by atoms with Crippen molar-refractivity contribution in [3.05, 3.63) is 155 Å². The summed E-state index contributed by atoms with van der Waals surface area (Å²) in [6, 6.07) is 36.8. The van der Waals surface area contributed by atoms with Crippen LogP contribution >= 0.6 is 74.0 Å². The number of fused-ring (bicyclic) bond motifs is 2. The summed E-state index contributed by atoms with van der Waals surface area (Å²) in [6.45, 7) is 0. The average molecular weight is 893 g/mol. The van der Waals surface area contributed by atoms with E-state index in [0.717, 1.165) is 49.5 Å². The number of aromatic nitrogens is 4. The summed E-state index contributed by atoms with van der Waals surface area (Å²) in [5, 5.41) is 3.02. The fraction of sp³-hybridized carbons (Fsp3) is 0.119. The van der Waals surface area contributed by atoms with Crippen LogP contribution in [-0.2, 0) is 11.6 Å². The summed E-state index contributed by atoms with van der Waals surface area (Å²) in [7, 11) is 3.75. The molecule has 4 heterocycles. The van der Waals surface area contributed by atoms with Gasteiger partial charge in [-0.2, -0.15) is 0 Å². The Bertz CT molecular complexity index is 2710. The summed E-state index contributed by atoms with van der Waals surface area (Å²) in [5.41, 5.74) is 6.75. The van der Waals surface area contributed by atoms with Gasteiger partial charge in [0.05, 0.1) is 17.0 Å². The number of hydrogen-bond acceptors (Lipinski definition) is 9. The van der Waals surface area contributed by atoms with Gasteiger partial charge in [-0.05, 0) is 115 Å². The monoisotopic (exact) mass is 890 g/mol. The number of halogens is 4. The molecule has 0 N–H and O–H groups in total. The molecule has 290 valence electrons. The maximum Gasteiger partial charge on any atom is 0.339 e. The van der Waals surface area contributed by atoms with Crippen molar-refractivity contribution in [2.24, 2.45) is 12.0 Å². The van der Waals surface area contributed by atoms with Crippen LogP contribution in [0.2, 0.25) is 0 Å². The Kier molecular flexibility index (Phi) is 14.2. The summed E-state index contributed by atoms with van der Waals surface area (Å²) < 4.78 is 11.1. The maximum absolute atomic E-state index is 13.2. The third-order valence-electron chi connectivity index (χ3n) is 8.96. The van der Waals surface area contributed by atoms with E-state index in [9.17, 15) is 9.36 Å². The van der Waals surface area contributed by atoms with Crippen molar-refractivity contribution in [2.75, 3.05) is 19.6 Å². The Morgan fingerprint density at radius 3 is 1.67 bits per heavy atom. The van der Waals surface area contributed by atoms with Gasteiger partial charge < -0.3 is 4.90 Å². The molecule has 0 bridgehead atoms. The highest BCUT2D eigenvalue weighted by Gasteiger charge is 2.29. The molecule has 4 aromatic carbocycles. The number of benzene rings is 4. The summed E-state index contributed by atoms with van der Waals surface area (Å²) in [4.78, 5) is 33.1. The fourth-order valence-corrected chi connectivity index (χ4v) is 7.77. The minimum absolute atomic E-state index is 0.0496. The van der Waals surface area contributed by atoms with Crippen molar-refractivity contribution < 1.29 is 4.57 Å². The Hall–Kier alpha value is -4.12. The van der Waals surface area contributed by atoms with E-state index in [4.69, 9.17) is 21.6 Å². The molecular weight excluding hydrogens is 857 g/mol. The lowest BCUT2D eigenvalue weighted by Gasteiger charge is -2.33. The molecule has 0 radical (unpaired) electrons. The molecule has 8 nitrogen and oxygen atoms in total. The molecule has 1 aliphatic heterocycles. The zero-order chi connectivity index (χ0) is 40.7. The highest BCUT2D eigenvalue weighted by Crippen LogP contribution is 2.61. The highest BCUT2D eigenvalue weighted by atomic mass is 36.0. The van der Waals surface area contributed by atoms with Crippen molar-refractivity contribution in [1.29, 1.82) is 0 Å². The first-order chi connectivity index (χ1) is 27.4. The molecule has 1 aliphatic rings. The largest absolute Gasteiger partial charge is 0.339 e. The van der Waals surface area contributed by atoms with Crippen molar-refractivity contribution in [1.82, 2.24) is 24.4 Å². The van der Waals surface area contributed by atoms with Gasteiger partial charge in [0, 0.05) is 55.6 Å². The number of pyridine rings is 2. The second kappa shape index (κ2) is 19.1. The van der Waals surface area contributed by atoms with Gasteiger partial charge in [0.2, 0.25) is 0 Å². The van der Waals surface area contributed by atoms with E-state index in [1.165, 1.54) is 22.5 Å². The van der Waals surface area contributed by atoms with Crippen LogP contribution in [0.4, 0.5) is 0 Å². The van der Waals surface area contributed by atoms with Gasteiger partial charge in [0.1, 0.15) is 5.50 Å². The van der Waals surface area contributed by atoms with Gasteiger partial charge >= 0.3 is 5.20 Å². The van der Waals surface area contributed by atoms with Gasteiger partial charge in [0.15, 0.2) is 10.3 Å². The van der Waals surface area contributed by atoms with E-state index in [-0.39, 0.29) is 11.1 Å². The molecule has 57 heavy (non-hydrogen) atoms. The first-order valence-corrected chi connectivity index (χ1v) is 24.6. The number of alkyl halides is 1. The molecule has 1 unspecified atom stereocenters. The second-order valence-corrected chi connectivity index (χ2v) is 21.1. The number of aliphatic imine (C=N–C) groups is 1. The number of rotatable bonds is 5. The molecule has 3 aromatic heterocycles. The third kappa shape index (κ3) is 10.3. The second-order valence-electron chi connectivity index (χ2n) is 12.5. The van der Waals surface area contributed by atoms with Crippen LogP contribution in [0, 0.1) is 0 Å². The third-order valence-corrected chi connectivity index (χ3v) is 10.9. The van der Waals surface area contributed by atoms with Crippen LogP contribution in [0.3, 0.4) is 0 Å². The lowest BCUT2D eigenvalue weighted by molar-refractivity contribution is 0.538. The summed E-state index contributed by atoms with van der Waals surface area (Å²) in [5.74, 6) is 0. The molecule has 0 saturated carbocycles. The molecule has 0 amide bonds. The van der Waals surface area contributed by atoms with Crippen molar-refractivity contribution >= 4 is 112 Å². The van der Waals surface area contributed by atoms with Gasteiger partial charge in [-0.3, -0.25) is 23.9 Å². The molecule has 0 spiro atoms. The van der Waals surface area contributed by atoms with Crippen LogP contribution < -0.4 is 5.56 Å². The van der Waals surface area contributed by atoms with Crippen molar-refractivity contribution in [3.63, 3.8) is 0 Å². The number of thioether (sulfide) groups is 2. The molecule has 1 atom stereocenters. The van der Waals surface area contributed by atoms with Crippen LogP contribution in [0.15, 0.2) is 149 Å². The van der Waals surface area contributed by atoms with Gasteiger partial charge in [-0.1, -0.05) is 108 Å². The minimum atomic E-state index is -3.22. The topological polar surface area (TPSA) is 93.3 Å². The number of nitrogens with zero attached hydrogens (tertiary/aromatic N) is 6. The molecule has 0 fully saturated rings. The number of hydrogen-bond donors (Lipinski definition) is 0. The normalized spacial score (nSPS) is 14.1. The van der Waals surface area contributed by atoms with E-state index >= 15 is 0 Å². The molecular formula is C42H35Cl4N6O2PS2. The van der Waals surface area contributed by atoms with Gasteiger partial charge in [-0.25, -0.2) is 9.98 Å².